The number of nitrogens with one attached hydrogen (secondary N) is 1. The molecule has 1 N–H and O–H groups in total. The maximum atomic E-state index is 12.9. The van der Waals surface area contributed by atoms with Crippen LogP contribution in [0.5, 0.6) is 0 Å². The summed E-state index contributed by atoms with van der Waals surface area (Å²) >= 11 is 0. The first-order valence-electron chi connectivity index (χ1n) is 10.8. The quantitative estimate of drug-likeness (QED) is 0.593. The lowest BCUT2D eigenvalue weighted by Crippen LogP contribution is -2.45. The van der Waals surface area contributed by atoms with Crippen LogP contribution in [0.3, 0.4) is 0 Å². The topological polar surface area (TPSA) is 92.8 Å². The smallest absolute Gasteiger partial charge is 0.329 e. The number of amides is 3. The number of nitrogens with zero attached hydrogens (tertiary/aromatic N) is 1. The fourth-order valence-corrected chi connectivity index (χ4v) is 5.70. The number of imide groups is 1. The standard InChI is InChI=1S/C24H24N2O5/c1-13(26-22(28)20-15-9-10-16(11-15)21(20)23(26)29)24(30)31-12-19(27)25-18-8-4-6-14-5-2-3-7-17(14)18/h2-8,13,15-16,20-21H,9-12H2,1H3,(H,25,27)/t13-,15+,16+,20-,21-/m1/s1. The van der Waals surface area contributed by atoms with E-state index in [1.807, 2.05) is 36.4 Å². The Labute approximate surface area is 179 Å². The third-order valence-electron chi connectivity index (χ3n) is 7.10. The lowest BCUT2D eigenvalue weighted by molar-refractivity contribution is -0.159. The second-order valence-electron chi connectivity index (χ2n) is 8.79. The Balaban J connectivity index is 1.21. The highest BCUT2D eigenvalue weighted by Gasteiger charge is 2.62. The molecule has 2 bridgehead atoms. The van der Waals surface area contributed by atoms with Gasteiger partial charge in [0.25, 0.3) is 5.91 Å². The number of rotatable bonds is 5. The molecule has 3 fully saturated rings. The molecule has 0 spiro atoms. The largest absolute Gasteiger partial charge is 0.454 e. The van der Waals surface area contributed by atoms with Crippen molar-refractivity contribution in [3.63, 3.8) is 0 Å². The summed E-state index contributed by atoms with van der Waals surface area (Å²) < 4.78 is 5.15. The van der Waals surface area contributed by atoms with Crippen molar-refractivity contribution in [2.75, 3.05) is 11.9 Å². The molecule has 1 saturated heterocycles. The molecular weight excluding hydrogens is 396 g/mol. The van der Waals surface area contributed by atoms with E-state index < -0.39 is 24.5 Å². The van der Waals surface area contributed by atoms with Crippen molar-refractivity contribution in [3.8, 4) is 0 Å². The second kappa shape index (κ2) is 7.48. The van der Waals surface area contributed by atoms with Crippen LogP contribution in [0.2, 0.25) is 0 Å². The van der Waals surface area contributed by atoms with Gasteiger partial charge in [-0.05, 0) is 49.5 Å². The molecule has 2 aromatic carbocycles. The minimum absolute atomic E-state index is 0.256. The van der Waals surface area contributed by atoms with Crippen LogP contribution in [0.1, 0.15) is 26.2 Å². The van der Waals surface area contributed by atoms with Gasteiger partial charge in [0, 0.05) is 11.1 Å². The van der Waals surface area contributed by atoms with Crippen LogP contribution in [0.4, 0.5) is 5.69 Å². The number of carbonyl (C=O) groups excluding carboxylic acids is 4. The molecule has 31 heavy (non-hydrogen) atoms. The fourth-order valence-electron chi connectivity index (χ4n) is 5.70. The number of likely N-dealkylation sites (tertiary alicyclic amines) is 1. The van der Waals surface area contributed by atoms with Gasteiger partial charge in [0.15, 0.2) is 6.61 Å². The van der Waals surface area contributed by atoms with Gasteiger partial charge in [-0.2, -0.15) is 0 Å². The first-order chi connectivity index (χ1) is 15.0. The zero-order valence-electron chi connectivity index (χ0n) is 17.2. The third kappa shape index (κ3) is 3.19. The van der Waals surface area contributed by atoms with Crippen molar-refractivity contribution in [1.82, 2.24) is 4.90 Å². The van der Waals surface area contributed by atoms with Crippen LogP contribution in [-0.2, 0) is 23.9 Å². The van der Waals surface area contributed by atoms with Crippen LogP contribution in [0.15, 0.2) is 42.5 Å². The molecule has 160 valence electrons. The Bertz CT molecular complexity index is 1060. The van der Waals surface area contributed by atoms with E-state index in [0.717, 1.165) is 34.9 Å². The second-order valence-corrected chi connectivity index (χ2v) is 8.79. The highest BCUT2D eigenvalue weighted by Crippen LogP contribution is 2.56. The van der Waals surface area contributed by atoms with Crippen molar-refractivity contribution >= 4 is 40.2 Å². The van der Waals surface area contributed by atoms with Gasteiger partial charge in [-0.15, -0.1) is 0 Å². The predicted octanol–water partition coefficient (Wildman–Crippen LogP) is 2.74. The molecule has 0 unspecified atom stereocenters. The maximum Gasteiger partial charge on any atom is 0.329 e. The molecule has 7 heteroatoms. The molecular formula is C24H24N2O5. The number of carbonyl (C=O) groups is 4. The molecule has 0 aromatic heterocycles. The van der Waals surface area contributed by atoms with Gasteiger partial charge in [-0.1, -0.05) is 36.4 Å². The number of benzene rings is 2. The number of esters is 1. The Hall–Kier alpha value is -3.22. The molecule has 5 rings (SSSR count). The van der Waals surface area contributed by atoms with E-state index in [2.05, 4.69) is 5.32 Å². The monoisotopic (exact) mass is 420 g/mol. The molecule has 2 aliphatic carbocycles. The van der Waals surface area contributed by atoms with E-state index in [-0.39, 0.29) is 35.5 Å². The zero-order valence-corrected chi connectivity index (χ0v) is 17.2. The molecule has 1 heterocycles. The number of fused-ring (bicyclic) bond motifs is 6. The van der Waals surface area contributed by atoms with Crippen LogP contribution < -0.4 is 5.32 Å². The number of ether oxygens (including phenoxy) is 1. The highest BCUT2D eigenvalue weighted by molar-refractivity contribution is 6.09. The van der Waals surface area contributed by atoms with Gasteiger partial charge in [0.2, 0.25) is 11.8 Å². The summed E-state index contributed by atoms with van der Waals surface area (Å²) in [5.74, 6) is -1.80. The first kappa shape index (κ1) is 19.7. The number of anilines is 1. The van der Waals surface area contributed by atoms with E-state index >= 15 is 0 Å². The van der Waals surface area contributed by atoms with E-state index in [4.69, 9.17) is 4.74 Å². The first-order valence-corrected chi connectivity index (χ1v) is 10.8. The van der Waals surface area contributed by atoms with Crippen molar-refractivity contribution in [2.45, 2.75) is 32.2 Å². The summed E-state index contributed by atoms with van der Waals surface area (Å²) in [5, 5.41) is 4.62. The molecule has 3 aliphatic rings. The maximum absolute atomic E-state index is 12.9. The van der Waals surface area contributed by atoms with Gasteiger partial charge in [-0.3, -0.25) is 19.3 Å². The van der Waals surface area contributed by atoms with Gasteiger partial charge in [0.1, 0.15) is 6.04 Å². The summed E-state index contributed by atoms with van der Waals surface area (Å²) in [7, 11) is 0. The summed E-state index contributed by atoms with van der Waals surface area (Å²) in [6, 6.07) is 12.2. The van der Waals surface area contributed by atoms with Gasteiger partial charge in [0.05, 0.1) is 11.8 Å². The van der Waals surface area contributed by atoms with E-state index in [1.54, 1.807) is 6.07 Å². The van der Waals surface area contributed by atoms with Crippen LogP contribution in [-0.4, -0.2) is 41.2 Å². The Morgan fingerprint density at radius 2 is 1.68 bits per heavy atom. The minimum atomic E-state index is -1.03. The molecule has 2 saturated carbocycles. The molecule has 2 aromatic rings. The predicted molar refractivity (Wildman–Crippen MR) is 113 cm³/mol. The van der Waals surface area contributed by atoms with Crippen molar-refractivity contribution in [2.24, 2.45) is 23.7 Å². The highest BCUT2D eigenvalue weighted by atomic mass is 16.5. The summed E-state index contributed by atoms with van der Waals surface area (Å²) in [5.41, 5.74) is 0.625. The Morgan fingerprint density at radius 1 is 1.03 bits per heavy atom. The summed E-state index contributed by atoms with van der Waals surface area (Å²) in [6.07, 6.45) is 2.89. The zero-order chi connectivity index (χ0) is 21.7. The number of hydrogen-bond donors (Lipinski definition) is 1. The van der Waals surface area contributed by atoms with Crippen molar-refractivity contribution in [3.05, 3.63) is 42.5 Å². The van der Waals surface area contributed by atoms with E-state index in [0.29, 0.717) is 5.69 Å². The van der Waals surface area contributed by atoms with Gasteiger partial charge < -0.3 is 10.1 Å². The molecule has 7 nitrogen and oxygen atoms in total. The summed E-state index contributed by atoms with van der Waals surface area (Å²) in [6.45, 7) is 1.00. The fraction of sp³-hybridized carbons (Fsp3) is 0.417. The van der Waals surface area contributed by atoms with Crippen molar-refractivity contribution < 1.29 is 23.9 Å². The molecule has 0 radical (unpaired) electrons. The molecule has 1 aliphatic heterocycles. The molecule has 3 amide bonds. The SMILES string of the molecule is C[C@H](C(=O)OCC(=O)Nc1cccc2ccccc12)N1C(=O)[C@@H]2[C@H]3CC[C@@H](C3)[C@H]2C1=O. The van der Waals surface area contributed by atoms with E-state index in [9.17, 15) is 19.2 Å². The summed E-state index contributed by atoms with van der Waals surface area (Å²) in [4.78, 5) is 51.7. The third-order valence-corrected chi connectivity index (χ3v) is 7.10. The van der Waals surface area contributed by atoms with Crippen LogP contribution >= 0.6 is 0 Å². The van der Waals surface area contributed by atoms with Crippen LogP contribution in [0, 0.1) is 23.7 Å². The number of hydrogen-bond acceptors (Lipinski definition) is 5. The van der Waals surface area contributed by atoms with Crippen molar-refractivity contribution in [1.29, 1.82) is 0 Å². The van der Waals surface area contributed by atoms with E-state index in [1.165, 1.54) is 6.92 Å². The minimum Gasteiger partial charge on any atom is -0.454 e. The van der Waals surface area contributed by atoms with Gasteiger partial charge in [-0.25, -0.2) is 4.79 Å². The average molecular weight is 420 g/mol. The average Bonchev–Trinajstić information content (AvgIpc) is 3.45. The lowest BCUT2D eigenvalue weighted by atomic mass is 9.81. The Kier molecular flexibility index (Phi) is 4.76. The normalized spacial score (nSPS) is 27.5. The Morgan fingerprint density at radius 3 is 2.39 bits per heavy atom. The van der Waals surface area contributed by atoms with Crippen LogP contribution in [0.25, 0.3) is 10.8 Å². The molecule has 5 atom stereocenters. The lowest BCUT2D eigenvalue weighted by Gasteiger charge is -2.23. The van der Waals surface area contributed by atoms with Gasteiger partial charge >= 0.3 is 5.97 Å².